The Morgan fingerprint density at radius 3 is 2.62 bits per heavy atom. The van der Waals surface area contributed by atoms with Crippen LogP contribution in [0.1, 0.15) is 25.8 Å². The molecule has 0 aliphatic rings. The molecule has 2 aromatic carbocycles. The zero-order valence-electron chi connectivity index (χ0n) is 14.5. The highest BCUT2D eigenvalue weighted by atomic mass is 16.5. The van der Waals surface area contributed by atoms with Crippen molar-refractivity contribution in [2.24, 2.45) is 5.92 Å². The molecule has 4 nitrogen and oxygen atoms in total. The van der Waals surface area contributed by atoms with Gasteiger partial charge in [0.25, 0.3) is 5.91 Å². The van der Waals surface area contributed by atoms with Crippen molar-refractivity contribution in [1.29, 1.82) is 0 Å². The molecule has 0 saturated heterocycles. The molecular weight excluding hydrogens is 302 g/mol. The lowest BCUT2D eigenvalue weighted by atomic mass is 10.1. The van der Waals surface area contributed by atoms with Crippen LogP contribution >= 0.6 is 0 Å². The summed E-state index contributed by atoms with van der Waals surface area (Å²) in [6.07, 6.45) is 1.00. The number of benzene rings is 2. The van der Waals surface area contributed by atoms with E-state index >= 15 is 0 Å². The number of ether oxygens (including phenoxy) is 2. The van der Waals surface area contributed by atoms with Crippen LogP contribution < -0.4 is 14.8 Å². The van der Waals surface area contributed by atoms with E-state index < -0.39 is 0 Å². The van der Waals surface area contributed by atoms with Crippen LogP contribution in [-0.4, -0.2) is 19.1 Å². The Balaban J connectivity index is 1.84. The Labute approximate surface area is 143 Å². The average Bonchev–Trinajstić information content (AvgIpc) is 2.54. The zero-order valence-corrected chi connectivity index (χ0v) is 14.5. The summed E-state index contributed by atoms with van der Waals surface area (Å²) in [6, 6.07) is 15.0. The van der Waals surface area contributed by atoms with E-state index in [4.69, 9.17) is 9.47 Å². The summed E-state index contributed by atoms with van der Waals surface area (Å²) < 4.78 is 11.3. The molecule has 2 rings (SSSR count). The predicted octanol–water partition coefficient (Wildman–Crippen LogP) is 4.44. The van der Waals surface area contributed by atoms with Crippen LogP contribution in [0.5, 0.6) is 11.5 Å². The number of carbonyl (C=O) groups excluding carboxylic acids is 1. The standard InChI is InChI=1S/C20H25NO3/c1-15(2)11-12-23-18-9-6-8-17(13-18)21-20(22)14-24-19-10-5-4-7-16(19)3/h4-10,13,15H,11-12,14H2,1-3H3,(H,21,22). The Morgan fingerprint density at radius 1 is 1.08 bits per heavy atom. The highest BCUT2D eigenvalue weighted by Crippen LogP contribution is 2.19. The van der Waals surface area contributed by atoms with Gasteiger partial charge in [0.2, 0.25) is 0 Å². The number of carbonyl (C=O) groups is 1. The van der Waals surface area contributed by atoms with E-state index in [1.54, 1.807) is 0 Å². The van der Waals surface area contributed by atoms with Crippen LogP contribution in [0.15, 0.2) is 48.5 Å². The minimum atomic E-state index is -0.197. The van der Waals surface area contributed by atoms with E-state index in [0.29, 0.717) is 18.2 Å². The topological polar surface area (TPSA) is 47.6 Å². The molecule has 0 aliphatic heterocycles. The summed E-state index contributed by atoms with van der Waals surface area (Å²) >= 11 is 0. The van der Waals surface area contributed by atoms with Crippen LogP contribution in [0.3, 0.4) is 0 Å². The SMILES string of the molecule is Cc1ccccc1OCC(=O)Nc1cccc(OCCC(C)C)c1. The third kappa shape index (κ3) is 5.95. The van der Waals surface area contributed by atoms with Crippen LogP contribution in [0.2, 0.25) is 0 Å². The lowest BCUT2D eigenvalue weighted by Crippen LogP contribution is -2.20. The number of rotatable bonds is 8. The third-order valence-corrected chi connectivity index (χ3v) is 3.53. The highest BCUT2D eigenvalue weighted by molar-refractivity contribution is 5.92. The molecule has 0 unspecified atom stereocenters. The van der Waals surface area contributed by atoms with Gasteiger partial charge in [-0.3, -0.25) is 4.79 Å². The van der Waals surface area contributed by atoms with Gasteiger partial charge in [0, 0.05) is 11.8 Å². The summed E-state index contributed by atoms with van der Waals surface area (Å²) in [7, 11) is 0. The minimum Gasteiger partial charge on any atom is -0.494 e. The van der Waals surface area contributed by atoms with Gasteiger partial charge in [-0.2, -0.15) is 0 Å². The zero-order chi connectivity index (χ0) is 17.4. The summed E-state index contributed by atoms with van der Waals surface area (Å²) in [5.41, 5.74) is 1.71. The van der Waals surface area contributed by atoms with Gasteiger partial charge in [0.1, 0.15) is 11.5 Å². The van der Waals surface area contributed by atoms with Crippen molar-refractivity contribution in [2.75, 3.05) is 18.5 Å². The number of amides is 1. The van der Waals surface area contributed by atoms with Gasteiger partial charge in [-0.15, -0.1) is 0 Å². The molecule has 24 heavy (non-hydrogen) atoms. The molecule has 0 saturated carbocycles. The average molecular weight is 327 g/mol. The Hall–Kier alpha value is -2.49. The van der Waals surface area contributed by atoms with Crippen molar-refractivity contribution < 1.29 is 14.3 Å². The number of aryl methyl sites for hydroxylation is 1. The summed E-state index contributed by atoms with van der Waals surface area (Å²) in [6.45, 7) is 6.92. The maximum atomic E-state index is 12.0. The molecule has 0 bridgehead atoms. The maximum Gasteiger partial charge on any atom is 0.262 e. The Kier molecular flexibility index (Phi) is 6.67. The predicted molar refractivity (Wildman–Crippen MR) is 96.7 cm³/mol. The van der Waals surface area contributed by atoms with Gasteiger partial charge in [-0.05, 0) is 43.0 Å². The molecule has 2 aromatic rings. The van der Waals surface area contributed by atoms with Gasteiger partial charge >= 0.3 is 0 Å². The molecule has 1 N–H and O–H groups in total. The first-order chi connectivity index (χ1) is 11.5. The molecule has 0 aliphatic carbocycles. The van der Waals surface area contributed by atoms with Crippen LogP contribution in [0, 0.1) is 12.8 Å². The smallest absolute Gasteiger partial charge is 0.262 e. The minimum absolute atomic E-state index is 0.0245. The lowest BCUT2D eigenvalue weighted by Gasteiger charge is -2.11. The number of hydrogen-bond donors (Lipinski definition) is 1. The molecule has 0 aromatic heterocycles. The first-order valence-electron chi connectivity index (χ1n) is 8.25. The molecule has 0 fully saturated rings. The van der Waals surface area contributed by atoms with E-state index in [2.05, 4.69) is 19.2 Å². The van der Waals surface area contributed by atoms with Crippen LogP contribution in [0.4, 0.5) is 5.69 Å². The molecule has 0 atom stereocenters. The van der Waals surface area contributed by atoms with Crippen molar-refractivity contribution in [3.63, 3.8) is 0 Å². The molecule has 0 heterocycles. The van der Waals surface area contributed by atoms with Crippen LogP contribution in [0.25, 0.3) is 0 Å². The third-order valence-electron chi connectivity index (χ3n) is 3.53. The molecule has 1 amide bonds. The van der Waals surface area contributed by atoms with E-state index in [0.717, 1.165) is 23.5 Å². The van der Waals surface area contributed by atoms with E-state index in [9.17, 15) is 4.79 Å². The second-order valence-electron chi connectivity index (χ2n) is 6.16. The monoisotopic (exact) mass is 327 g/mol. The normalized spacial score (nSPS) is 10.5. The fourth-order valence-corrected chi connectivity index (χ4v) is 2.13. The molecule has 0 radical (unpaired) electrons. The first kappa shape index (κ1) is 17.9. The van der Waals surface area contributed by atoms with Crippen molar-refractivity contribution in [3.05, 3.63) is 54.1 Å². The summed E-state index contributed by atoms with van der Waals surface area (Å²) in [5.74, 6) is 1.88. The number of hydrogen-bond acceptors (Lipinski definition) is 3. The molecule has 4 heteroatoms. The Morgan fingerprint density at radius 2 is 1.88 bits per heavy atom. The fraction of sp³-hybridized carbons (Fsp3) is 0.350. The van der Waals surface area contributed by atoms with Gasteiger partial charge in [-0.25, -0.2) is 0 Å². The van der Waals surface area contributed by atoms with E-state index in [-0.39, 0.29) is 12.5 Å². The van der Waals surface area contributed by atoms with Crippen molar-refractivity contribution >= 4 is 11.6 Å². The summed E-state index contributed by atoms with van der Waals surface area (Å²) in [4.78, 5) is 12.0. The van der Waals surface area contributed by atoms with E-state index in [1.807, 2.05) is 55.5 Å². The number of nitrogens with one attached hydrogen (secondary N) is 1. The maximum absolute atomic E-state index is 12.0. The van der Waals surface area contributed by atoms with Gasteiger partial charge in [-0.1, -0.05) is 38.1 Å². The number of para-hydroxylation sites is 1. The molecular formula is C20H25NO3. The number of anilines is 1. The second-order valence-corrected chi connectivity index (χ2v) is 6.16. The quantitative estimate of drug-likeness (QED) is 0.780. The van der Waals surface area contributed by atoms with Gasteiger partial charge in [0.15, 0.2) is 6.61 Å². The van der Waals surface area contributed by atoms with Crippen molar-refractivity contribution in [1.82, 2.24) is 0 Å². The largest absolute Gasteiger partial charge is 0.494 e. The first-order valence-corrected chi connectivity index (χ1v) is 8.25. The Bertz CT molecular complexity index is 667. The van der Waals surface area contributed by atoms with Gasteiger partial charge < -0.3 is 14.8 Å². The summed E-state index contributed by atoms with van der Waals surface area (Å²) in [5, 5.41) is 2.83. The lowest BCUT2D eigenvalue weighted by molar-refractivity contribution is -0.118. The van der Waals surface area contributed by atoms with Gasteiger partial charge in [0.05, 0.1) is 6.61 Å². The van der Waals surface area contributed by atoms with E-state index in [1.165, 1.54) is 0 Å². The molecule has 128 valence electrons. The highest BCUT2D eigenvalue weighted by Gasteiger charge is 2.06. The second kappa shape index (κ2) is 8.96. The molecule has 0 spiro atoms. The van der Waals surface area contributed by atoms with Crippen molar-refractivity contribution in [3.8, 4) is 11.5 Å². The van der Waals surface area contributed by atoms with Crippen molar-refractivity contribution in [2.45, 2.75) is 27.2 Å². The van der Waals surface area contributed by atoms with Crippen LogP contribution in [-0.2, 0) is 4.79 Å². The fourth-order valence-electron chi connectivity index (χ4n) is 2.13.